The van der Waals surface area contributed by atoms with E-state index in [1.54, 1.807) is 47.1 Å². The van der Waals surface area contributed by atoms with Gasteiger partial charge < -0.3 is 4.90 Å². The molecule has 13 heteroatoms. The smallest absolute Gasteiger partial charge is 0.259 e. The molecule has 1 aromatic heterocycles. The van der Waals surface area contributed by atoms with Crippen LogP contribution in [0.15, 0.2) is 47.9 Å². The van der Waals surface area contributed by atoms with Gasteiger partial charge in [-0.25, -0.2) is 13.1 Å². The number of aromatic nitrogens is 2. The molecular weight excluding hydrogens is 555 g/mol. The molecule has 0 saturated carbocycles. The van der Waals surface area contributed by atoms with Crippen LogP contribution < -0.4 is 4.31 Å². The van der Waals surface area contributed by atoms with Gasteiger partial charge in [0, 0.05) is 35.7 Å². The highest BCUT2D eigenvalue weighted by Crippen LogP contribution is 2.48. The summed E-state index contributed by atoms with van der Waals surface area (Å²) in [5.74, 6) is 0.312. The molecule has 0 radical (unpaired) electrons. The van der Waals surface area contributed by atoms with Crippen LogP contribution in [-0.2, 0) is 10.0 Å². The van der Waals surface area contributed by atoms with Crippen LogP contribution >= 0.6 is 45.4 Å². The fraction of sp³-hybridized carbons (Fsp3) is 0.227. The maximum atomic E-state index is 13.3. The Hall–Kier alpha value is -1.92. The average molecular weight is 576 g/mol. The maximum Gasteiger partial charge on any atom is 0.259 e. The summed E-state index contributed by atoms with van der Waals surface area (Å²) < 4.78 is 49.5. The van der Waals surface area contributed by atoms with Crippen molar-refractivity contribution >= 4 is 66.8 Å². The van der Waals surface area contributed by atoms with Crippen molar-refractivity contribution in [1.82, 2.24) is 14.7 Å². The first kappa shape index (κ1) is 24.8. The minimum atomic E-state index is -3.86. The second kappa shape index (κ2) is 8.88. The highest BCUT2D eigenvalue weighted by Gasteiger charge is 2.38. The second-order valence-electron chi connectivity index (χ2n) is 8.27. The number of benzene rings is 2. The van der Waals surface area contributed by atoms with Crippen molar-refractivity contribution in [2.24, 2.45) is 0 Å². The quantitative estimate of drug-likeness (QED) is 0.419. The highest BCUT2D eigenvalue weighted by molar-refractivity contribution is 8.24. The SMILES string of the molecule is CN1c2c(nn(-c3ccc(Cl)cc3)c2-c2ccc(Cl)cc2Cl)C(N2CCS(O)(O)CC2)=CS1(=O)=O. The molecule has 2 N–H and O–H groups in total. The molecule has 2 aliphatic rings. The first-order valence-corrected chi connectivity index (χ1v) is 15.0. The Balaban J connectivity index is 1.77. The third-order valence-electron chi connectivity index (χ3n) is 6.03. The second-order valence-corrected chi connectivity index (χ2v) is 13.8. The molecule has 2 aromatic carbocycles. The number of hydrogen-bond donors (Lipinski definition) is 2. The van der Waals surface area contributed by atoms with Crippen LogP contribution in [0.25, 0.3) is 22.6 Å². The number of anilines is 1. The Morgan fingerprint density at radius 2 is 1.57 bits per heavy atom. The van der Waals surface area contributed by atoms with Gasteiger partial charge in [0.2, 0.25) is 0 Å². The van der Waals surface area contributed by atoms with Crippen LogP contribution in [-0.4, -0.2) is 63.8 Å². The zero-order valence-electron chi connectivity index (χ0n) is 18.4. The first-order valence-electron chi connectivity index (χ1n) is 10.5. The molecule has 0 unspecified atom stereocenters. The molecule has 3 heterocycles. The Morgan fingerprint density at radius 3 is 2.20 bits per heavy atom. The summed E-state index contributed by atoms with van der Waals surface area (Å²) in [5, 5.41) is 7.35. The molecule has 1 fully saturated rings. The molecule has 0 amide bonds. The molecule has 35 heavy (non-hydrogen) atoms. The molecule has 5 rings (SSSR count). The zero-order chi connectivity index (χ0) is 25.1. The van der Waals surface area contributed by atoms with Gasteiger partial charge in [0.25, 0.3) is 10.0 Å². The van der Waals surface area contributed by atoms with E-state index in [9.17, 15) is 17.5 Å². The van der Waals surface area contributed by atoms with E-state index in [4.69, 9.17) is 39.9 Å². The number of fused-ring (bicyclic) bond motifs is 1. The van der Waals surface area contributed by atoms with E-state index < -0.39 is 20.6 Å². The standard InChI is InChI=1S/C22H21Cl3N4O4S2/c1-27-22-20(19(13-35(27,32)33)28-8-10-34(30,31)11-9-28)26-29(16-5-2-14(23)3-6-16)21(22)17-7-4-15(24)12-18(17)25/h2-7,12-13,30-31H,8-11H2,1H3. The Bertz CT molecular complexity index is 1450. The number of sulfonamides is 1. The van der Waals surface area contributed by atoms with Gasteiger partial charge in [-0.1, -0.05) is 34.8 Å². The highest BCUT2D eigenvalue weighted by atomic mass is 35.5. The van der Waals surface area contributed by atoms with E-state index in [0.717, 1.165) is 0 Å². The zero-order valence-corrected chi connectivity index (χ0v) is 22.3. The fourth-order valence-corrected chi connectivity index (χ4v) is 7.15. The van der Waals surface area contributed by atoms with Crippen molar-refractivity contribution in [3.8, 4) is 16.9 Å². The third kappa shape index (κ3) is 4.53. The van der Waals surface area contributed by atoms with Gasteiger partial charge in [-0.2, -0.15) is 15.7 Å². The van der Waals surface area contributed by atoms with E-state index in [1.807, 2.05) is 4.90 Å². The molecule has 0 bridgehead atoms. The molecule has 186 valence electrons. The third-order valence-corrected chi connectivity index (χ3v) is 9.97. The molecule has 8 nitrogen and oxygen atoms in total. The van der Waals surface area contributed by atoms with Crippen molar-refractivity contribution in [1.29, 1.82) is 0 Å². The van der Waals surface area contributed by atoms with Crippen LogP contribution in [0, 0.1) is 0 Å². The molecular formula is C22H21Cl3N4O4S2. The Morgan fingerprint density at radius 1 is 0.943 bits per heavy atom. The number of hydrogen-bond acceptors (Lipinski definition) is 6. The molecule has 2 aliphatic heterocycles. The minimum absolute atomic E-state index is 0.156. The van der Waals surface area contributed by atoms with E-state index in [2.05, 4.69) is 0 Å². The van der Waals surface area contributed by atoms with Gasteiger partial charge in [-0.3, -0.25) is 13.4 Å². The summed E-state index contributed by atoms with van der Waals surface area (Å²) >= 11 is 18.8. The van der Waals surface area contributed by atoms with Crippen LogP contribution in [0.4, 0.5) is 5.69 Å². The lowest BCUT2D eigenvalue weighted by molar-refractivity contribution is 0.390. The lowest BCUT2D eigenvalue weighted by Crippen LogP contribution is -2.39. The van der Waals surface area contributed by atoms with Gasteiger partial charge in [0.15, 0.2) is 0 Å². The van der Waals surface area contributed by atoms with E-state index in [-0.39, 0.29) is 24.6 Å². The van der Waals surface area contributed by atoms with Gasteiger partial charge in [0.05, 0.1) is 33.3 Å². The number of nitrogens with zero attached hydrogens (tertiary/aromatic N) is 4. The van der Waals surface area contributed by atoms with Crippen LogP contribution in [0.2, 0.25) is 15.1 Å². The molecule has 3 aromatic rings. The molecule has 0 spiro atoms. The normalized spacial score (nSPS) is 19.8. The van der Waals surface area contributed by atoms with E-state index in [1.165, 1.54) is 16.8 Å². The predicted molar refractivity (Wildman–Crippen MR) is 143 cm³/mol. The number of rotatable bonds is 3. The lowest BCUT2D eigenvalue weighted by Gasteiger charge is -2.43. The van der Waals surface area contributed by atoms with Crippen molar-refractivity contribution in [3.05, 3.63) is 68.6 Å². The topological polar surface area (TPSA) is 98.9 Å². The minimum Gasteiger partial charge on any atom is -0.366 e. The lowest BCUT2D eigenvalue weighted by atomic mass is 10.1. The summed E-state index contributed by atoms with van der Waals surface area (Å²) in [7, 11) is -5.06. The summed E-state index contributed by atoms with van der Waals surface area (Å²) in [6.07, 6.45) is 0. The van der Waals surface area contributed by atoms with Gasteiger partial charge in [-0.15, -0.1) is 0 Å². The summed E-state index contributed by atoms with van der Waals surface area (Å²) in [4.78, 5) is 1.83. The van der Waals surface area contributed by atoms with Crippen molar-refractivity contribution in [2.45, 2.75) is 0 Å². The Labute approximate surface area is 219 Å². The van der Waals surface area contributed by atoms with Gasteiger partial charge in [-0.05, 0) is 42.5 Å². The van der Waals surface area contributed by atoms with Crippen molar-refractivity contribution in [3.63, 3.8) is 0 Å². The predicted octanol–water partition coefficient (Wildman–Crippen LogP) is 5.64. The summed E-state index contributed by atoms with van der Waals surface area (Å²) in [6, 6.07) is 12.0. The number of halogens is 3. The van der Waals surface area contributed by atoms with Gasteiger partial charge in [0.1, 0.15) is 17.1 Å². The monoisotopic (exact) mass is 574 g/mol. The van der Waals surface area contributed by atoms with Crippen LogP contribution in [0.5, 0.6) is 0 Å². The van der Waals surface area contributed by atoms with Crippen molar-refractivity contribution < 1.29 is 17.5 Å². The molecule has 1 saturated heterocycles. The van der Waals surface area contributed by atoms with Gasteiger partial charge >= 0.3 is 0 Å². The van der Waals surface area contributed by atoms with Crippen LogP contribution in [0.3, 0.4) is 0 Å². The average Bonchev–Trinajstić information content (AvgIpc) is 3.17. The maximum absolute atomic E-state index is 13.3. The molecule has 0 aliphatic carbocycles. The first-order chi connectivity index (χ1) is 16.5. The van der Waals surface area contributed by atoms with Crippen molar-refractivity contribution in [2.75, 3.05) is 35.9 Å². The van der Waals surface area contributed by atoms with Crippen LogP contribution in [0.1, 0.15) is 5.69 Å². The Kier molecular flexibility index (Phi) is 6.28. The summed E-state index contributed by atoms with van der Waals surface area (Å²) in [6.45, 7) is 0.579. The van der Waals surface area contributed by atoms with E-state index in [0.29, 0.717) is 49.1 Å². The summed E-state index contributed by atoms with van der Waals surface area (Å²) in [5.41, 5.74) is 2.88. The largest absolute Gasteiger partial charge is 0.366 e. The fourth-order valence-electron chi connectivity index (χ4n) is 4.17. The molecule has 0 atom stereocenters. The van der Waals surface area contributed by atoms with E-state index >= 15 is 0 Å².